The van der Waals surface area contributed by atoms with Gasteiger partial charge in [-0.25, -0.2) is 9.78 Å². The molecule has 0 bridgehead atoms. The van der Waals surface area contributed by atoms with Gasteiger partial charge in [-0.05, 0) is 6.42 Å². The van der Waals surface area contributed by atoms with Gasteiger partial charge in [0.05, 0.1) is 11.9 Å². The van der Waals surface area contributed by atoms with Gasteiger partial charge < -0.3 is 19.5 Å². The molecule has 1 aromatic rings. The lowest BCUT2D eigenvalue weighted by Crippen LogP contribution is -2.37. The van der Waals surface area contributed by atoms with E-state index < -0.39 is 17.5 Å². The highest BCUT2D eigenvalue weighted by atomic mass is 16.6. The predicted octanol–water partition coefficient (Wildman–Crippen LogP) is 0.430. The number of esters is 1. The topological polar surface area (TPSA) is 84.6 Å². The zero-order valence-corrected chi connectivity index (χ0v) is 9.67. The summed E-state index contributed by atoms with van der Waals surface area (Å²) < 4.78 is 6.33. The molecule has 2 N–H and O–H groups in total. The van der Waals surface area contributed by atoms with E-state index in [1.165, 1.54) is 0 Å². The average Bonchev–Trinajstić information content (AvgIpc) is 2.78. The first kappa shape index (κ1) is 11.7. The van der Waals surface area contributed by atoms with Crippen LogP contribution in [-0.4, -0.2) is 31.3 Å². The van der Waals surface area contributed by atoms with Gasteiger partial charge in [0.2, 0.25) is 0 Å². The lowest BCUT2D eigenvalue weighted by Gasteiger charge is -2.19. The van der Waals surface area contributed by atoms with Crippen LogP contribution in [0.1, 0.15) is 19.0 Å². The largest absolute Gasteiger partial charge is 0.481 e. The van der Waals surface area contributed by atoms with Crippen molar-refractivity contribution in [2.45, 2.75) is 25.4 Å². The predicted molar refractivity (Wildman–Crippen MR) is 57.9 cm³/mol. The monoisotopic (exact) mass is 238 g/mol. The maximum atomic E-state index is 11.5. The number of aliphatic hydroxyl groups excluding tert-OH is 1. The Kier molecular flexibility index (Phi) is 2.66. The lowest BCUT2D eigenvalue weighted by atomic mass is 9.90. The molecule has 0 aromatic carbocycles. The van der Waals surface area contributed by atoms with E-state index in [2.05, 4.69) is 9.72 Å². The molecule has 0 saturated heterocycles. The summed E-state index contributed by atoms with van der Waals surface area (Å²) in [5.74, 6) is -1.32. The number of imidazole rings is 1. The van der Waals surface area contributed by atoms with Crippen LogP contribution >= 0.6 is 0 Å². The van der Waals surface area contributed by atoms with Crippen molar-refractivity contribution in [2.24, 2.45) is 7.05 Å². The fourth-order valence-corrected chi connectivity index (χ4v) is 1.85. The Morgan fingerprint density at radius 3 is 2.82 bits per heavy atom. The molecule has 2 rings (SSSR count). The van der Waals surface area contributed by atoms with Crippen LogP contribution in [0, 0.1) is 0 Å². The fraction of sp³-hybridized carbons (Fsp3) is 0.455. The molecule has 0 radical (unpaired) electrons. The van der Waals surface area contributed by atoms with E-state index in [9.17, 15) is 15.0 Å². The number of carbonyl (C=O) groups is 1. The summed E-state index contributed by atoms with van der Waals surface area (Å²) in [5, 5.41) is 19.7. The van der Waals surface area contributed by atoms with Gasteiger partial charge in [0, 0.05) is 25.4 Å². The number of nitrogens with zero attached hydrogens (tertiary/aromatic N) is 2. The van der Waals surface area contributed by atoms with Gasteiger partial charge in [0.1, 0.15) is 0 Å². The minimum atomic E-state index is -1.73. The number of aromatic nitrogens is 2. The normalized spacial score (nSPS) is 24.3. The van der Waals surface area contributed by atoms with Crippen molar-refractivity contribution in [3.8, 4) is 0 Å². The third-order valence-electron chi connectivity index (χ3n) is 3.07. The summed E-state index contributed by atoms with van der Waals surface area (Å²) >= 11 is 0. The standard InChI is InChI=1S/C11H14N2O4/c1-3-11(16)8(9(14)17-10(11)15)4-7-5-12-6-13(7)2/h5-6,14,16H,3-4H2,1-2H3/t11-/m0/s1. The molecule has 6 heteroatoms. The van der Waals surface area contributed by atoms with Crippen LogP contribution in [0.25, 0.3) is 0 Å². The Bertz CT molecular complexity index is 491. The van der Waals surface area contributed by atoms with Crippen molar-refractivity contribution < 1.29 is 19.7 Å². The second kappa shape index (κ2) is 3.89. The van der Waals surface area contributed by atoms with E-state index in [0.29, 0.717) is 0 Å². The third kappa shape index (κ3) is 1.70. The molecule has 0 saturated carbocycles. The molecule has 17 heavy (non-hydrogen) atoms. The van der Waals surface area contributed by atoms with E-state index >= 15 is 0 Å². The second-order valence-corrected chi connectivity index (χ2v) is 4.06. The van der Waals surface area contributed by atoms with E-state index in [0.717, 1.165) is 5.69 Å². The third-order valence-corrected chi connectivity index (χ3v) is 3.07. The van der Waals surface area contributed by atoms with Crippen LogP contribution in [0.4, 0.5) is 0 Å². The SMILES string of the molecule is CC[C@@]1(O)C(=O)OC(O)=C1Cc1cncn1C. The van der Waals surface area contributed by atoms with Gasteiger partial charge >= 0.3 is 5.97 Å². The van der Waals surface area contributed by atoms with Gasteiger partial charge in [0.25, 0.3) is 5.95 Å². The second-order valence-electron chi connectivity index (χ2n) is 4.06. The van der Waals surface area contributed by atoms with Crippen molar-refractivity contribution in [1.82, 2.24) is 9.55 Å². The Labute approximate surface area is 98.2 Å². The van der Waals surface area contributed by atoms with E-state index in [-0.39, 0.29) is 18.4 Å². The molecule has 1 aliphatic rings. The molecule has 0 amide bonds. The van der Waals surface area contributed by atoms with Gasteiger partial charge in [-0.2, -0.15) is 0 Å². The molecule has 1 aromatic heterocycles. The molecule has 0 aliphatic carbocycles. The molecule has 2 heterocycles. The lowest BCUT2D eigenvalue weighted by molar-refractivity contribution is -0.154. The first-order valence-electron chi connectivity index (χ1n) is 5.31. The van der Waals surface area contributed by atoms with E-state index in [1.807, 2.05) is 0 Å². The molecular weight excluding hydrogens is 224 g/mol. The smallest absolute Gasteiger partial charge is 0.350 e. The van der Waals surface area contributed by atoms with Crippen LogP contribution in [0.15, 0.2) is 24.0 Å². The number of hydrogen-bond donors (Lipinski definition) is 2. The molecule has 0 unspecified atom stereocenters. The molecule has 1 atom stereocenters. The summed E-state index contributed by atoms with van der Waals surface area (Å²) in [7, 11) is 1.79. The van der Waals surface area contributed by atoms with E-state index in [4.69, 9.17) is 0 Å². The molecule has 6 nitrogen and oxygen atoms in total. The van der Waals surface area contributed by atoms with Crippen molar-refractivity contribution in [2.75, 3.05) is 0 Å². The Morgan fingerprint density at radius 1 is 1.59 bits per heavy atom. The highest BCUT2D eigenvalue weighted by Gasteiger charge is 2.48. The fourth-order valence-electron chi connectivity index (χ4n) is 1.85. The van der Waals surface area contributed by atoms with Crippen LogP contribution in [0.3, 0.4) is 0 Å². The molecule has 1 aliphatic heterocycles. The van der Waals surface area contributed by atoms with Crippen molar-refractivity contribution >= 4 is 5.97 Å². The zero-order chi connectivity index (χ0) is 12.6. The number of carbonyl (C=O) groups excluding carboxylic acids is 1. The van der Waals surface area contributed by atoms with Crippen molar-refractivity contribution in [3.05, 3.63) is 29.7 Å². The minimum absolute atomic E-state index is 0.156. The first-order valence-corrected chi connectivity index (χ1v) is 5.31. The number of hydrogen-bond acceptors (Lipinski definition) is 5. The summed E-state index contributed by atoms with van der Waals surface area (Å²) in [6.07, 6.45) is 3.59. The first-order chi connectivity index (χ1) is 7.99. The Balaban J connectivity index is 2.34. The van der Waals surface area contributed by atoms with Gasteiger partial charge in [0.15, 0.2) is 5.60 Å². The zero-order valence-electron chi connectivity index (χ0n) is 9.67. The Hall–Kier alpha value is -1.82. The summed E-state index contributed by atoms with van der Waals surface area (Å²) in [6.45, 7) is 1.66. The highest BCUT2D eigenvalue weighted by Crippen LogP contribution is 2.34. The maximum Gasteiger partial charge on any atom is 0.350 e. The number of aryl methyl sites for hydroxylation is 1. The van der Waals surface area contributed by atoms with Crippen molar-refractivity contribution in [1.29, 1.82) is 0 Å². The number of ether oxygens (including phenoxy) is 1. The van der Waals surface area contributed by atoms with Gasteiger partial charge in [-0.1, -0.05) is 6.92 Å². The maximum absolute atomic E-state index is 11.5. The van der Waals surface area contributed by atoms with Crippen LogP contribution in [-0.2, 0) is 23.0 Å². The number of aliphatic hydroxyl groups is 2. The van der Waals surface area contributed by atoms with Crippen LogP contribution in [0.5, 0.6) is 0 Å². The quantitative estimate of drug-likeness (QED) is 0.746. The van der Waals surface area contributed by atoms with Gasteiger partial charge in [-0.3, -0.25) is 0 Å². The molecule has 0 fully saturated rings. The summed E-state index contributed by atoms with van der Waals surface area (Å²) in [5.41, 5.74) is -0.765. The van der Waals surface area contributed by atoms with Crippen LogP contribution in [0.2, 0.25) is 0 Å². The van der Waals surface area contributed by atoms with Crippen molar-refractivity contribution in [3.63, 3.8) is 0 Å². The average molecular weight is 238 g/mol. The number of rotatable bonds is 3. The summed E-state index contributed by atoms with van der Waals surface area (Å²) in [6, 6.07) is 0. The molecular formula is C11H14N2O4. The van der Waals surface area contributed by atoms with Gasteiger partial charge in [-0.15, -0.1) is 0 Å². The molecule has 92 valence electrons. The van der Waals surface area contributed by atoms with Crippen LogP contribution < -0.4 is 0 Å². The highest BCUT2D eigenvalue weighted by molar-refractivity contribution is 5.87. The summed E-state index contributed by atoms with van der Waals surface area (Å²) in [4.78, 5) is 15.4. The van der Waals surface area contributed by atoms with E-state index in [1.54, 1.807) is 31.1 Å². The number of cyclic esters (lactones) is 1. The Morgan fingerprint density at radius 2 is 2.29 bits per heavy atom. The molecule has 0 spiro atoms. The minimum Gasteiger partial charge on any atom is -0.481 e.